The molecule has 0 saturated carbocycles. The Balaban J connectivity index is 2.17. The second kappa shape index (κ2) is 5.32. The Hall–Kier alpha value is -2.76. The topological polar surface area (TPSA) is 69.9 Å². The average molecular weight is 339 g/mol. The molecule has 4 nitrogen and oxygen atoms in total. The first-order chi connectivity index (χ1) is 10.2. The molecule has 0 fully saturated rings. The molecule has 0 spiro atoms. The van der Waals surface area contributed by atoms with Crippen LogP contribution in [0.15, 0.2) is 51.4 Å². The standard InChI is InChI=1S/C16H7BrN2O2/c17-11-6-5-10(8-18)14(7-11)21-16-12-3-1-2-4-13(12)20-15(16)9-19/h1-7H. The van der Waals surface area contributed by atoms with Gasteiger partial charge in [0.2, 0.25) is 5.76 Å². The quantitative estimate of drug-likeness (QED) is 0.677. The predicted octanol–water partition coefficient (Wildman–Crippen LogP) is 4.73. The summed E-state index contributed by atoms with van der Waals surface area (Å²) in [7, 11) is 0. The highest BCUT2D eigenvalue weighted by molar-refractivity contribution is 9.10. The van der Waals surface area contributed by atoms with Crippen molar-refractivity contribution in [3.63, 3.8) is 0 Å². The van der Waals surface area contributed by atoms with Crippen LogP contribution in [0, 0.1) is 22.7 Å². The minimum Gasteiger partial charge on any atom is -0.450 e. The molecule has 0 unspecified atom stereocenters. The van der Waals surface area contributed by atoms with E-state index in [0.29, 0.717) is 28.0 Å². The Morgan fingerprint density at radius 2 is 1.86 bits per heavy atom. The van der Waals surface area contributed by atoms with E-state index >= 15 is 0 Å². The van der Waals surface area contributed by atoms with Crippen molar-refractivity contribution < 1.29 is 9.15 Å². The molecule has 0 radical (unpaired) electrons. The fourth-order valence-corrected chi connectivity index (χ4v) is 2.32. The minimum atomic E-state index is 0.0834. The smallest absolute Gasteiger partial charge is 0.247 e. The van der Waals surface area contributed by atoms with Crippen LogP contribution in [-0.4, -0.2) is 0 Å². The van der Waals surface area contributed by atoms with Crippen LogP contribution in [0.2, 0.25) is 0 Å². The molecule has 3 aromatic rings. The highest BCUT2D eigenvalue weighted by atomic mass is 79.9. The van der Waals surface area contributed by atoms with Gasteiger partial charge in [0, 0.05) is 4.47 Å². The van der Waals surface area contributed by atoms with Gasteiger partial charge in [0.1, 0.15) is 23.5 Å². The number of para-hydroxylation sites is 1. The molecule has 0 aliphatic rings. The summed E-state index contributed by atoms with van der Waals surface area (Å²) in [4.78, 5) is 0. The van der Waals surface area contributed by atoms with Crippen molar-refractivity contribution in [3.8, 4) is 23.6 Å². The Labute approximate surface area is 128 Å². The highest BCUT2D eigenvalue weighted by Gasteiger charge is 2.17. The number of hydrogen-bond donors (Lipinski definition) is 0. The number of nitrogens with zero attached hydrogens (tertiary/aromatic N) is 2. The third-order valence-electron chi connectivity index (χ3n) is 2.93. The number of ether oxygens (including phenoxy) is 1. The maximum Gasteiger partial charge on any atom is 0.247 e. The van der Waals surface area contributed by atoms with Gasteiger partial charge in [-0.05, 0) is 30.3 Å². The number of halogens is 1. The van der Waals surface area contributed by atoms with Crippen molar-refractivity contribution in [1.29, 1.82) is 10.5 Å². The molecule has 0 amide bonds. The van der Waals surface area contributed by atoms with Crippen molar-refractivity contribution >= 4 is 26.9 Å². The molecule has 5 heteroatoms. The second-order valence-electron chi connectivity index (χ2n) is 4.22. The summed E-state index contributed by atoms with van der Waals surface area (Å²) in [5, 5.41) is 19.0. The number of fused-ring (bicyclic) bond motifs is 1. The van der Waals surface area contributed by atoms with Gasteiger partial charge in [-0.3, -0.25) is 0 Å². The lowest BCUT2D eigenvalue weighted by Gasteiger charge is -2.06. The van der Waals surface area contributed by atoms with E-state index in [4.69, 9.17) is 14.4 Å². The summed E-state index contributed by atoms with van der Waals surface area (Å²) in [5.74, 6) is 0.776. The molecule has 0 atom stereocenters. The van der Waals surface area contributed by atoms with E-state index in [9.17, 15) is 5.26 Å². The number of hydrogen-bond acceptors (Lipinski definition) is 4. The summed E-state index contributed by atoms with van der Waals surface area (Å²) in [5.41, 5.74) is 0.949. The van der Waals surface area contributed by atoms with E-state index in [1.807, 2.05) is 18.2 Å². The molecule has 3 rings (SSSR count). The molecule has 100 valence electrons. The molecule has 0 N–H and O–H groups in total. The van der Waals surface area contributed by atoms with Gasteiger partial charge in [0.25, 0.3) is 0 Å². The number of nitriles is 2. The summed E-state index contributed by atoms with van der Waals surface area (Å²) >= 11 is 3.34. The fraction of sp³-hybridized carbons (Fsp3) is 0. The molecular weight excluding hydrogens is 332 g/mol. The zero-order valence-electron chi connectivity index (χ0n) is 10.6. The monoisotopic (exact) mass is 338 g/mol. The van der Waals surface area contributed by atoms with Crippen LogP contribution in [-0.2, 0) is 0 Å². The van der Waals surface area contributed by atoms with Gasteiger partial charge in [-0.2, -0.15) is 10.5 Å². The zero-order chi connectivity index (χ0) is 14.8. The van der Waals surface area contributed by atoms with Gasteiger partial charge in [0.05, 0.1) is 10.9 Å². The van der Waals surface area contributed by atoms with Crippen LogP contribution in [0.1, 0.15) is 11.3 Å². The number of rotatable bonds is 2. The van der Waals surface area contributed by atoms with Gasteiger partial charge in [0.15, 0.2) is 5.75 Å². The summed E-state index contributed by atoms with van der Waals surface area (Å²) in [6.07, 6.45) is 0. The maximum absolute atomic E-state index is 9.18. The summed E-state index contributed by atoms with van der Waals surface area (Å²) < 4.78 is 12.0. The largest absolute Gasteiger partial charge is 0.450 e. The Morgan fingerprint density at radius 3 is 2.62 bits per heavy atom. The molecule has 2 aromatic carbocycles. The van der Waals surface area contributed by atoms with E-state index in [2.05, 4.69) is 22.0 Å². The first-order valence-corrected chi connectivity index (χ1v) is 6.81. The van der Waals surface area contributed by atoms with Gasteiger partial charge in [-0.1, -0.05) is 28.1 Å². The van der Waals surface area contributed by atoms with Crippen LogP contribution in [0.4, 0.5) is 0 Å². The Bertz CT molecular complexity index is 916. The van der Waals surface area contributed by atoms with E-state index in [1.54, 1.807) is 30.3 Å². The fourth-order valence-electron chi connectivity index (χ4n) is 1.98. The lowest BCUT2D eigenvalue weighted by atomic mass is 10.2. The molecule has 0 aliphatic carbocycles. The lowest BCUT2D eigenvalue weighted by Crippen LogP contribution is -1.89. The van der Waals surface area contributed by atoms with Crippen LogP contribution in [0.5, 0.6) is 11.5 Å². The van der Waals surface area contributed by atoms with Crippen molar-refractivity contribution in [1.82, 2.24) is 0 Å². The molecular formula is C16H7BrN2O2. The van der Waals surface area contributed by atoms with Crippen LogP contribution in [0.3, 0.4) is 0 Å². The van der Waals surface area contributed by atoms with Crippen molar-refractivity contribution in [3.05, 3.63) is 58.3 Å². The van der Waals surface area contributed by atoms with Gasteiger partial charge >= 0.3 is 0 Å². The predicted molar refractivity (Wildman–Crippen MR) is 79.9 cm³/mol. The van der Waals surface area contributed by atoms with Crippen molar-refractivity contribution in [2.75, 3.05) is 0 Å². The van der Waals surface area contributed by atoms with Gasteiger partial charge in [-0.25, -0.2) is 0 Å². The van der Waals surface area contributed by atoms with Crippen molar-refractivity contribution in [2.45, 2.75) is 0 Å². The third-order valence-corrected chi connectivity index (χ3v) is 3.42. The first-order valence-electron chi connectivity index (χ1n) is 6.02. The molecule has 1 heterocycles. The van der Waals surface area contributed by atoms with Crippen LogP contribution >= 0.6 is 15.9 Å². The zero-order valence-corrected chi connectivity index (χ0v) is 12.2. The minimum absolute atomic E-state index is 0.0834. The maximum atomic E-state index is 9.18. The molecule has 21 heavy (non-hydrogen) atoms. The Kier molecular flexibility index (Phi) is 3.35. The van der Waals surface area contributed by atoms with Crippen LogP contribution < -0.4 is 4.74 Å². The average Bonchev–Trinajstić information content (AvgIpc) is 2.86. The highest BCUT2D eigenvalue weighted by Crippen LogP contribution is 2.37. The van der Waals surface area contributed by atoms with Crippen molar-refractivity contribution in [2.24, 2.45) is 0 Å². The number of furan rings is 1. The van der Waals surface area contributed by atoms with E-state index in [-0.39, 0.29) is 5.76 Å². The first kappa shape index (κ1) is 13.2. The van der Waals surface area contributed by atoms with Gasteiger partial charge < -0.3 is 9.15 Å². The number of benzene rings is 2. The lowest BCUT2D eigenvalue weighted by molar-refractivity contribution is 0.465. The summed E-state index contributed by atoms with van der Waals surface area (Å²) in [6, 6.07) is 16.3. The SMILES string of the molecule is N#Cc1ccc(Br)cc1Oc1c(C#N)oc2ccccc12. The molecule has 0 aliphatic heterocycles. The van der Waals surface area contributed by atoms with E-state index < -0.39 is 0 Å². The molecule has 0 bridgehead atoms. The third kappa shape index (κ3) is 2.35. The second-order valence-corrected chi connectivity index (χ2v) is 5.14. The normalized spacial score (nSPS) is 10.0. The van der Waals surface area contributed by atoms with Gasteiger partial charge in [-0.15, -0.1) is 0 Å². The Morgan fingerprint density at radius 1 is 1.05 bits per heavy atom. The molecule has 1 aromatic heterocycles. The van der Waals surface area contributed by atoms with E-state index in [1.165, 1.54) is 0 Å². The van der Waals surface area contributed by atoms with E-state index in [0.717, 1.165) is 4.47 Å². The van der Waals surface area contributed by atoms with Crippen LogP contribution in [0.25, 0.3) is 11.0 Å². The summed E-state index contributed by atoms with van der Waals surface area (Å²) in [6.45, 7) is 0. The molecule has 0 saturated heterocycles.